The second-order valence-corrected chi connectivity index (χ2v) is 11.0. The molecule has 216 valence electrons. The highest BCUT2D eigenvalue weighted by Gasteiger charge is 2.19. The van der Waals surface area contributed by atoms with Crippen LogP contribution in [0.4, 0.5) is 23.0 Å². The number of imidazole rings is 1. The number of nitrogens with zero attached hydrogens (tertiary/aromatic N) is 5. The van der Waals surface area contributed by atoms with E-state index in [2.05, 4.69) is 73.4 Å². The number of ether oxygens (including phenoxy) is 2. The van der Waals surface area contributed by atoms with Gasteiger partial charge in [-0.2, -0.15) is 0 Å². The highest BCUT2D eigenvalue weighted by molar-refractivity contribution is 7.15. The molecule has 0 saturated carbocycles. The van der Waals surface area contributed by atoms with Gasteiger partial charge in [-0.25, -0.2) is 15.0 Å². The van der Waals surface area contributed by atoms with Gasteiger partial charge in [-0.3, -0.25) is 4.40 Å². The molecule has 0 radical (unpaired) electrons. The van der Waals surface area contributed by atoms with Gasteiger partial charge in [-0.15, -0.1) is 11.3 Å². The molecule has 3 aromatic carbocycles. The van der Waals surface area contributed by atoms with Crippen molar-refractivity contribution in [1.82, 2.24) is 19.4 Å². The first-order valence-electron chi connectivity index (χ1n) is 14.2. The van der Waals surface area contributed by atoms with E-state index in [-0.39, 0.29) is 0 Å². The quantitative estimate of drug-likeness (QED) is 0.192. The Morgan fingerprint density at radius 1 is 0.930 bits per heavy atom. The molecular weight excluding hydrogens is 558 g/mol. The van der Waals surface area contributed by atoms with Gasteiger partial charge in [0, 0.05) is 65.6 Å². The van der Waals surface area contributed by atoms with Crippen molar-refractivity contribution < 1.29 is 9.47 Å². The van der Waals surface area contributed by atoms with Gasteiger partial charge in [-0.1, -0.05) is 30.3 Å². The largest absolute Gasteiger partial charge is 0.496 e. The number of aromatic nitrogens is 4. The van der Waals surface area contributed by atoms with Crippen LogP contribution in [0.2, 0.25) is 0 Å². The maximum Gasteiger partial charge on any atom is 0.227 e. The van der Waals surface area contributed by atoms with Crippen LogP contribution in [-0.4, -0.2) is 52.8 Å². The summed E-state index contributed by atoms with van der Waals surface area (Å²) in [6.45, 7) is 3.98. The van der Waals surface area contributed by atoms with Crippen LogP contribution in [-0.2, 0) is 11.3 Å². The first-order chi connectivity index (χ1) is 21.2. The summed E-state index contributed by atoms with van der Waals surface area (Å²) in [5.41, 5.74) is 7.78. The molecule has 7 rings (SSSR count). The van der Waals surface area contributed by atoms with E-state index in [0.717, 1.165) is 76.6 Å². The number of morpholine rings is 1. The first kappa shape index (κ1) is 26.9. The second-order valence-electron chi connectivity index (χ2n) is 10.1. The van der Waals surface area contributed by atoms with Crippen molar-refractivity contribution in [3.63, 3.8) is 0 Å². The van der Waals surface area contributed by atoms with Gasteiger partial charge in [0.05, 0.1) is 31.7 Å². The Balaban J connectivity index is 1.15. The first-order valence-corrected chi connectivity index (χ1v) is 15.1. The molecule has 0 bridgehead atoms. The number of para-hydroxylation sites is 1. The molecule has 2 N–H and O–H groups in total. The van der Waals surface area contributed by atoms with E-state index in [1.165, 1.54) is 5.69 Å². The third-order valence-corrected chi connectivity index (χ3v) is 8.23. The van der Waals surface area contributed by atoms with E-state index >= 15 is 0 Å². The molecule has 43 heavy (non-hydrogen) atoms. The minimum Gasteiger partial charge on any atom is -0.496 e. The second kappa shape index (κ2) is 12.1. The molecule has 0 amide bonds. The van der Waals surface area contributed by atoms with Crippen molar-refractivity contribution in [2.24, 2.45) is 0 Å². The Kier molecular flexibility index (Phi) is 7.60. The van der Waals surface area contributed by atoms with Gasteiger partial charge >= 0.3 is 0 Å². The lowest BCUT2D eigenvalue weighted by atomic mass is 10.1. The van der Waals surface area contributed by atoms with Crippen molar-refractivity contribution in [3.8, 4) is 28.4 Å². The van der Waals surface area contributed by atoms with Crippen LogP contribution in [0.1, 0.15) is 5.56 Å². The van der Waals surface area contributed by atoms with Gasteiger partial charge in [-0.05, 0) is 48.5 Å². The number of benzene rings is 3. The highest BCUT2D eigenvalue weighted by atomic mass is 32.1. The predicted molar refractivity (Wildman–Crippen MR) is 173 cm³/mol. The summed E-state index contributed by atoms with van der Waals surface area (Å²) in [5, 5.41) is 8.95. The smallest absolute Gasteiger partial charge is 0.227 e. The van der Waals surface area contributed by atoms with E-state index < -0.39 is 0 Å². The van der Waals surface area contributed by atoms with Gasteiger partial charge in [0.2, 0.25) is 5.95 Å². The highest BCUT2D eigenvalue weighted by Crippen LogP contribution is 2.35. The van der Waals surface area contributed by atoms with Crippen LogP contribution < -0.4 is 20.3 Å². The molecule has 4 heterocycles. The predicted octanol–water partition coefficient (Wildman–Crippen LogP) is 6.72. The number of hydrogen-bond donors (Lipinski definition) is 2. The number of methoxy groups -OCH3 is 1. The Morgan fingerprint density at radius 2 is 1.79 bits per heavy atom. The summed E-state index contributed by atoms with van der Waals surface area (Å²) < 4.78 is 13.1. The zero-order valence-corrected chi connectivity index (χ0v) is 24.6. The molecule has 1 aliphatic rings. The molecule has 9 nitrogen and oxygen atoms in total. The normalized spacial score (nSPS) is 13.3. The minimum atomic E-state index is 0.528. The number of fused-ring (bicyclic) bond motifs is 1. The average Bonchev–Trinajstić information content (AvgIpc) is 3.67. The molecule has 1 fully saturated rings. The average molecular weight is 590 g/mol. The molecule has 3 aromatic heterocycles. The molecule has 0 aliphatic carbocycles. The molecule has 0 spiro atoms. The lowest BCUT2D eigenvalue weighted by molar-refractivity contribution is 0.122. The zero-order chi connectivity index (χ0) is 29.0. The maximum atomic E-state index is 5.52. The van der Waals surface area contributed by atoms with E-state index in [0.29, 0.717) is 12.5 Å². The summed E-state index contributed by atoms with van der Waals surface area (Å²) in [7, 11) is 1.70. The molecule has 10 heteroatoms. The summed E-state index contributed by atoms with van der Waals surface area (Å²) in [6.07, 6.45) is 3.82. The Labute approximate surface area is 253 Å². The van der Waals surface area contributed by atoms with Crippen molar-refractivity contribution >= 4 is 39.3 Å². The lowest BCUT2D eigenvalue weighted by Crippen LogP contribution is -2.36. The van der Waals surface area contributed by atoms with Crippen LogP contribution in [0.5, 0.6) is 5.75 Å². The van der Waals surface area contributed by atoms with Crippen molar-refractivity contribution in [2.75, 3.05) is 48.9 Å². The van der Waals surface area contributed by atoms with E-state index in [4.69, 9.17) is 19.4 Å². The Bertz CT molecular complexity index is 1840. The summed E-state index contributed by atoms with van der Waals surface area (Å²) in [4.78, 5) is 17.7. The van der Waals surface area contributed by atoms with Gasteiger partial charge in [0.15, 0.2) is 4.96 Å². The molecular formula is C33H31N7O2S. The number of anilines is 4. The third-order valence-electron chi connectivity index (χ3n) is 7.47. The SMILES string of the molecule is COc1ccccc1CNc1cccc(-c2nc3sccn3c2-c2ccnc(Nc3ccc(N4CCOCC4)cc3)n2)c1. The monoisotopic (exact) mass is 589 g/mol. The van der Waals surface area contributed by atoms with Crippen LogP contribution in [0.15, 0.2) is 96.6 Å². The van der Waals surface area contributed by atoms with Crippen molar-refractivity contribution in [3.05, 3.63) is 102 Å². The Hall–Kier alpha value is -4.93. The van der Waals surface area contributed by atoms with Crippen LogP contribution >= 0.6 is 11.3 Å². The maximum absolute atomic E-state index is 5.52. The van der Waals surface area contributed by atoms with E-state index in [1.54, 1.807) is 24.6 Å². The number of hydrogen-bond acceptors (Lipinski definition) is 9. The standard InChI is InChI=1S/C33H31N7O2S/c1-41-29-8-3-2-5-24(29)22-35-26-7-4-6-23(21-26)30-31(40-17-20-43-33(40)38-30)28-13-14-34-32(37-28)36-25-9-11-27(12-10-25)39-15-18-42-19-16-39/h2-14,17,20-21,35H,15-16,18-19,22H2,1H3,(H,34,36,37). The molecule has 1 saturated heterocycles. The summed E-state index contributed by atoms with van der Waals surface area (Å²) >= 11 is 1.60. The van der Waals surface area contributed by atoms with E-state index in [9.17, 15) is 0 Å². The number of rotatable bonds is 9. The van der Waals surface area contributed by atoms with Gasteiger partial charge < -0.3 is 25.0 Å². The van der Waals surface area contributed by atoms with Crippen LogP contribution in [0.25, 0.3) is 27.6 Å². The molecule has 0 unspecified atom stereocenters. The topological polar surface area (TPSA) is 88.8 Å². The van der Waals surface area contributed by atoms with Gasteiger partial charge in [0.1, 0.15) is 11.4 Å². The molecule has 0 atom stereocenters. The number of thiazole rings is 1. The van der Waals surface area contributed by atoms with E-state index in [1.807, 2.05) is 41.9 Å². The molecule has 6 aromatic rings. The fourth-order valence-corrected chi connectivity index (χ4v) is 6.03. The minimum absolute atomic E-state index is 0.528. The summed E-state index contributed by atoms with van der Waals surface area (Å²) in [6, 6.07) is 26.7. The number of nitrogens with one attached hydrogen (secondary N) is 2. The summed E-state index contributed by atoms with van der Waals surface area (Å²) in [5.74, 6) is 1.39. The van der Waals surface area contributed by atoms with Crippen molar-refractivity contribution in [2.45, 2.75) is 6.54 Å². The molecule has 1 aliphatic heterocycles. The van der Waals surface area contributed by atoms with Gasteiger partial charge in [0.25, 0.3) is 0 Å². The Morgan fingerprint density at radius 3 is 2.65 bits per heavy atom. The van der Waals surface area contributed by atoms with Crippen molar-refractivity contribution in [1.29, 1.82) is 0 Å². The van der Waals surface area contributed by atoms with Crippen LogP contribution in [0, 0.1) is 0 Å². The fourth-order valence-electron chi connectivity index (χ4n) is 5.31. The fraction of sp³-hybridized carbons (Fsp3) is 0.182. The zero-order valence-electron chi connectivity index (χ0n) is 23.7. The third kappa shape index (κ3) is 5.75. The lowest BCUT2D eigenvalue weighted by Gasteiger charge is -2.28. The van der Waals surface area contributed by atoms with Crippen LogP contribution in [0.3, 0.4) is 0 Å².